The second kappa shape index (κ2) is 20.3. The van der Waals surface area contributed by atoms with E-state index in [1.165, 1.54) is 0 Å². The second-order valence-corrected chi connectivity index (χ2v) is 12.7. The number of benzene rings is 3. The minimum Gasteiger partial charge on any atom is -0.489 e. The molecule has 0 radical (unpaired) electrons. The number of hydrogen-bond donors (Lipinski definition) is 0. The van der Waals surface area contributed by atoms with Gasteiger partial charge in [-0.3, -0.25) is 0 Å². The van der Waals surface area contributed by atoms with Gasteiger partial charge in [-0.2, -0.15) is 0 Å². The molecule has 0 bridgehead atoms. The Morgan fingerprint density at radius 3 is 1.67 bits per heavy atom. The third kappa shape index (κ3) is 11.7. The lowest BCUT2D eigenvalue weighted by Gasteiger charge is -2.27. The van der Waals surface area contributed by atoms with Gasteiger partial charge < -0.3 is 33.2 Å². The van der Waals surface area contributed by atoms with Gasteiger partial charge in [0.05, 0.1) is 13.2 Å². The zero-order valence-electron chi connectivity index (χ0n) is 30.5. The van der Waals surface area contributed by atoms with E-state index in [0.29, 0.717) is 48.7 Å². The summed E-state index contributed by atoms with van der Waals surface area (Å²) in [5.41, 5.74) is 2.42. The van der Waals surface area contributed by atoms with Gasteiger partial charge >= 0.3 is 11.9 Å². The highest BCUT2D eigenvalue weighted by molar-refractivity contribution is 5.96. The molecule has 0 N–H and O–H groups in total. The highest BCUT2D eigenvalue weighted by atomic mass is 16.6. The molecule has 0 saturated heterocycles. The van der Waals surface area contributed by atoms with Gasteiger partial charge in [0.25, 0.3) is 0 Å². The molecular weight excluding hydrogens is 648 g/mol. The maximum Gasteiger partial charge on any atom is 0.333 e. The van der Waals surface area contributed by atoms with Crippen LogP contribution >= 0.6 is 0 Å². The van der Waals surface area contributed by atoms with Gasteiger partial charge in [-0.05, 0) is 51.3 Å². The molecule has 0 heterocycles. The van der Waals surface area contributed by atoms with Crippen molar-refractivity contribution in [3.05, 3.63) is 102 Å². The number of ether oxygens (including phenoxy) is 7. The molecule has 0 amide bonds. The zero-order valence-corrected chi connectivity index (χ0v) is 30.5. The van der Waals surface area contributed by atoms with Crippen molar-refractivity contribution < 1.29 is 42.7 Å². The molecule has 0 aliphatic heterocycles. The SMILES string of the molecule is C=C(C)C(=O)OC(COCCCC)COc1c2c(c(OCC(COCCCC)OC(=O)C(=C)C)c3ccccc13)CC(Oc1ccccc1)=CC2. The van der Waals surface area contributed by atoms with Crippen molar-refractivity contribution in [3.8, 4) is 17.2 Å². The molecular formula is C42H52O9. The Balaban J connectivity index is 1.70. The molecule has 3 aromatic carbocycles. The van der Waals surface area contributed by atoms with Crippen molar-refractivity contribution in [3.63, 3.8) is 0 Å². The van der Waals surface area contributed by atoms with Crippen LogP contribution in [0.5, 0.6) is 17.2 Å². The smallest absolute Gasteiger partial charge is 0.333 e. The minimum atomic E-state index is -0.660. The molecule has 2 unspecified atom stereocenters. The first-order valence-corrected chi connectivity index (χ1v) is 17.8. The van der Waals surface area contributed by atoms with Gasteiger partial charge in [0, 0.05) is 52.7 Å². The maximum atomic E-state index is 12.6. The molecule has 274 valence electrons. The molecule has 4 rings (SSSR count). The molecule has 1 aliphatic carbocycles. The summed E-state index contributed by atoms with van der Waals surface area (Å²) >= 11 is 0. The van der Waals surface area contributed by atoms with Crippen molar-refractivity contribution in [1.29, 1.82) is 0 Å². The fourth-order valence-corrected chi connectivity index (χ4v) is 5.40. The van der Waals surface area contributed by atoms with Gasteiger partial charge in [-0.25, -0.2) is 9.59 Å². The van der Waals surface area contributed by atoms with Gasteiger partial charge in [-0.15, -0.1) is 0 Å². The van der Waals surface area contributed by atoms with Crippen LogP contribution in [0.15, 0.2) is 90.7 Å². The summed E-state index contributed by atoms with van der Waals surface area (Å²) in [6.45, 7) is 16.5. The Hall–Kier alpha value is -4.60. The number of hydrogen-bond acceptors (Lipinski definition) is 9. The Kier molecular flexibility index (Phi) is 15.6. The van der Waals surface area contributed by atoms with Gasteiger partial charge in [0.15, 0.2) is 12.2 Å². The molecule has 0 spiro atoms. The van der Waals surface area contributed by atoms with Gasteiger partial charge in [-0.1, -0.05) is 82.3 Å². The zero-order chi connectivity index (χ0) is 36.6. The molecule has 0 saturated carbocycles. The monoisotopic (exact) mass is 700 g/mol. The number of allylic oxidation sites excluding steroid dienone is 2. The van der Waals surface area contributed by atoms with Crippen LogP contribution in [0.1, 0.15) is 64.5 Å². The van der Waals surface area contributed by atoms with Crippen LogP contribution in [-0.2, 0) is 41.4 Å². The van der Waals surface area contributed by atoms with Crippen molar-refractivity contribution in [2.24, 2.45) is 0 Å². The van der Waals surface area contributed by atoms with Crippen LogP contribution in [0.2, 0.25) is 0 Å². The molecule has 0 aromatic heterocycles. The Morgan fingerprint density at radius 2 is 1.18 bits per heavy atom. The summed E-state index contributed by atoms with van der Waals surface area (Å²) in [4.78, 5) is 25.1. The van der Waals surface area contributed by atoms with Crippen LogP contribution in [-0.4, -0.2) is 63.8 Å². The lowest BCUT2D eigenvalue weighted by Crippen LogP contribution is -2.31. The lowest BCUT2D eigenvalue weighted by molar-refractivity contribution is -0.150. The summed E-state index contributed by atoms with van der Waals surface area (Å²) in [6, 6.07) is 17.5. The van der Waals surface area contributed by atoms with Crippen LogP contribution in [0.3, 0.4) is 0 Å². The molecule has 9 nitrogen and oxygen atoms in total. The van der Waals surface area contributed by atoms with Crippen molar-refractivity contribution in [2.75, 3.05) is 39.6 Å². The predicted molar refractivity (Wildman–Crippen MR) is 198 cm³/mol. The summed E-state index contributed by atoms with van der Waals surface area (Å²) in [5, 5.41) is 1.65. The van der Waals surface area contributed by atoms with E-state index in [1.807, 2.05) is 60.7 Å². The minimum absolute atomic E-state index is 0.0639. The fraction of sp³-hybridized carbons (Fsp3) is 0.429. The van der Waals surface area contributed by atoms with E-state index in [4.69, 9.17) is 33.2 Å². The Labute approximate surface area is 302 Å². The average Bonchev–Trinajstić information content (AvgIpc) is 3.13. The molecule has 51 heavy (non-hydrogen) atoms. The number of carbonyl (C=O) groups is 2. The highest BCUT2D eigenvalue weighted by Crippen LogP contribution is 2.44. The van der Waals surface area contributed by atoms with Crippen LogP contribution in [0.25, 0.3) is 10.8 Å². The van der Waals surface area contributed by atoms with Gasteiger partial charge in [0.1, 0.15) is 36.2 Å². The van der Waals surface area contributed by atoms with E-state index in [0.717, 1.165) is 59.1 Å². The first kappa shape index (κ1) is 39.2. The standard InChI is InChI=1S/C42H52O9/c1-7-9-22-45-25-33(50-41(43)29(3)4)27-47-39-35-18-14-15-19-36(35)40(48-28-34(26-46-23-10-8-2)51-42(44)30(5)6)38-24-32(20-21-37(38)39)49-31-16-12-11-13-17-31/h11-20,33-34H,3,5,7-10,21-28H2,1-2,4,6H3. The van der Waals surface area contributed by atoms with Crippen molar-refractivity contribution in [1.82, 2.24) is 0 Å². The van der Waals surface area contributed by atoms with E-state index >= 15 is 0 Å². The van der Waals surface area contributed by atoms with Crippen LogP contribution in [0, 0.1) is 0 Å². The third-order valence-electron chi connectivity index (χ3n) is 8.17. The number of para-hydroxylation sites is 1. The average molecular weight is 701 g/mol. The van der Waals surface area contributed by atoms with Crippen LogP contribution in [0.4, 0.5) is 0 Å². The number of fused-ring (bicyclic) bond motifs is 2. The third-order valence-corrected chi connectivity index (χ3v) is 8.17. The molecule has 3 aromatic rings. The van der Waals surface area contributed by atoms with E-state index < -0.39 is 24.1 Å². The number of unbranched alkanes of at least 4 members (excludes halogenated alkanes) is 2. The number of rotatable bonds is 22. The van der Waals surface area contributed by atoms with E-state index in [-0.39, 0.29) is 26.4 Å². The van der Waals surface area contributed by atoms with Crippen LogP contribution < -0.4 is 14.2 Å². The summed E-state index contributed by atoms with van der Waals surface area (Å²) in [7, 11) is 0. The molecule has 2 atom stereocenters. The van der Waals surface area contributed by atoms with E-state index in [1.54, 1.807) is 13.8 Å². The summed E-state index contributed by atoms with van der Waals surface area (Å²) in [5.74, 6) is 1.82. The second-order valence-electron chi connectivity index (χ2n) is 12.7. The predicted octanol–water partition coefficient (Wildman–Crippen LogP) is 8.27. The fourth-order valence-electron chi connectivity index (χ4n) is 5.40. The van der Waals surface area contributed by atoms with Crippen molar-refractivity contribution >= 4 is 22.7 Å². The topological polar surface area (TPSA) is 98.8 Å². The summed E-state index contributed by atoms with van der Waals surface area (Å²) in [6.07, 6.45) is 5.46. The van der Waals surface area contributed by atoms with E-state index in [9.17, 15) is 9.59 Å². The Morgan fingerprint density at radius 1 is 0.686 bits per heavy atom. The highest BCUT2D eigenvalue weighted by Gasteiger charge is 2.28. The molecule has 0 fully saturated rings. The van der Waals surface area contributed by atoms with Crippen molar-refractivity contribution in [2.45, 2.75) is 78.4 Å². The molecule has 1 aliphatic rings. The molecule has 9 heteroatoms. The lowest BCUT2D eigenvalue weighted by atomic mass is 9.89. The number of carbonyl (C=O) groups excluding carboxylic acids is 2. The quantitative estimate of drug-likeness (QED) is 0.0583. The maximum absolute atomic E-state index is 12.6. The largest absolute Gasteiger partial charge is 0.489 e. The first-order chi connectivity index (χ1) is 24.7. The number of esters is 2. The Bertz CT molecular complexity index is 1660. The van der Waals surface area contributed by atoms with Gasteiger partial charge in [0.2, 0.25) is 0 Å². The normalized spacial score (nSPS) is 13.4. The summed E-state index contributed by atoms with van der Waals surface area (Å²) < 4.78 is 42.7. The van der Waals surface area contributed by atoms with E-state index in [2.05, 4.69) is 27.0 Å². The first-order valence-electron chi connectivity index (χ1n) is 17.8.